The van der Waals surface area contributed by atoms with Gasteiger partial charge in [-0.3, -0.25) is 0 Å². The van der Waals surface area contributed by atoms with Gasteiger partial charge in [-0.25, -0.2) is 0 Å². The van der Waals surface area contributed by atoms with Gasteiger partial charge in [-0.1, -0.05) is 0 Å². The molecule has 1 aromatic heterocycles. The van der Waals surface area contributed by atoms with Crippen LogP contribution in [0.5, 0.6) is 5.88 Å². The Morgan fingerprint density at radius 3 is 3.09 bits per heavy atom. The Balaban J connectivity index is 2.32. The summed E-state index contributed by atoms with van der Waals surface area (Å²) in [6, 6.07) is 0. The number of halogens is 1. The van der Waals surface area contributed by atoms with Crippen LogP contribution in [0.3, 0.4) is 0 Å². The number of nitrogens with zero attached hydrogens (tertiary/aromatic N) is 1. The summed E-state index contributed by atoms with van der Waals surface area (Å²) in [6.45, 7) is 0.567. The van der Waals surface area contributed by atoms with Crippen molar-refractivity contribution in [1.82, 2.24) is 5.16 Å². The number of hydrogen-bond acceptors (Lipinski definition) is 4. The van der Waals surface area contributed by atoms with Gasteiger partial charge in [0.15, 0.2) is 0 Å². The standard InChI is InChI=1S/C6H8BrNO3/c7-5-4-11-8-6(5)10-3-1-2-9/h4,9H,1-3H2. The van der Waals surface area contributed by atoms with Crippen LogP contribution in [-0.4, -0.2) is 23.5 Å². The largest absolute Gasteiger partial charge is 0.475 e. The van der Waals surface area contributed by atoms with Crippen LogP contribution >= 0.6 is 15.9 Å². The molecule has 0 atom stereocenters. The molecule has 1 N–H and O–H groups in total. The molecule has 0 fully saturated rings. The average molecular weight is 222 g/mol. The third-order valence-corrected chi connectivity index (χ3v) is 1.56. The molecule has 0 aromatic carbocycles. The van der Waals surface area contributed by atoms with Gasteiger partial charge in [-0.15, -0.1) is 0 Å². The van der Waals surface area contributed by atoms with Crippen molar-refractivity contribution in [3.8, 4) is 5.88 Å². The molecule has 0 aliphatic carbocycles. The number of hydrogen-bond donors (Lipinski definition) is 1. The van der Waals surface area contributed by atoms with Gasteiger partial charge in [0, 0.05) is 13.0 Å². The van der Waals surface area contributed by atoms with Gasteiger partial charge in [0.1, 0.15) is 10.7 Å². The smallest absolute Gasteiger partial charge is 0.268 e. The van der Waals surface area contributed by atoms with Gasteiger partial charge >= 0.3 is 0 Å². The van der Waals surface area contributed by atoms with E-state index in [1.54, 1.807) is 0 Å². The van der Waals surface area contributed by atoms with E-state index < -0.39 is 0 Å². The van der Waals surface area contributed by atoms with Crippen molar-refractivity contribution in [1.29, 1.82) is 0 Å². The molecule has 0 unspecified atom stereocenters. The molecular formula is C6H8BrNO3. The van der Waals surface area contributed by atoms with E-state index in [4.69, 9.17) is 9.84 Å². The van der Waals surface area contributed by atoms with Gasteiger partial charge in [-0.05, 0) is 21.1 Å². The van der Waals surface area contributed by atoms with E-state index in [9.17, 15) is 0 Å². The van der Waals surface area contributed by atoms with Crippen LogP contribution in [0.4, 0.5) is 0 Å². The van der Waals surface area contributed by atoms with Crippen LogP contribution in [0.15, 0.2) is 15.3 Å². The van der Waals surface area contributed by atoms with Crippen LogP contribution < -0.4 is 4.74 Å². The topological polar surface area (TPSA) is 55.5 Å². The Hall–Kier alpha value is -0.550. The minimum Gasteiger partial charge on any atom is -0.475 e. The first-order valence-electron chi connectivity index (χ1n) is 3.18. The zero-order valence-electron chi connectivity index (χ0n) is 5.79. The molecule has 1 heterocycles. The quantitative estimate of drug-likeness (QED) is 0.777. The second kappa shape index (κ2) is 4.35. The maximum absolute atomic E-state index is 8.43. The molecule has 0 saturated carbocycles. The third kappa shape index (κ3) is 2.51. The zero-order valence-corrected chi connectivity index (χ0v) is 7.37. The Morgan fingerprint density at radius 2 is 2.55 bits per heavy atom. The first-order valence-corrected chi connectivity index (χ1v) is 3.97. The lowest BCUT2D eigenvalue weighted by Gasteiger charge is -1.98. The van der Waals surface area contributed by atoms with Crippen LogP contribution in [0.2, 0.25) is 0 Å². The van der Waals surface area contributed by atoms with Crippen LogP contribution in [0.25, 0.3) is 0 Å². The van der Waals surface area contributed by atoms with E-state index in [0.29, 0.717) is 23.4 Å². The Morgan fingerprint density at radius 1 is 1.73 bits per heavy atom. The van der Waals surface area contributed by atoms with Crippen molar-refractivity contribution in [2.75, 3.05) is 13.2 Å². The highest BCUT2D eigenvalue weighted by Gasteiger charge is 2.03. The fourth-order valence-corrected chi connectivity index (χ4v) is 0.814. The highest BCUT2D eigenvalue weighted by molar-refractivity contribution is 9.10. The fourth-order valence-electron chi connectivity index (χ4n) is 0.543. The highest BCUT2D eigenvalue weighted by atomic mass is 79.9. The summed E-state index contributed by atoms with van der Waals surface area (Å²) in [4.78, 5) is 0. The number of rotatable bonds is 4. The maximum Gasteiger partial charge on any atom is 0.268 e. The van der Waals surface area contributed by atoms with Crippen molar-refractivity contribution in [2.45, 2.75) is 6.42 Å². The molecule has 0 amide bonds. The summed E-state index contributed by atoms with van der Waals surface area (Å²) in [6.07, 6.45) is 2.04. The van der Waals surface area contributed by atoms with E-state index in [2.05, 4.69) is 25.6 Å². The summed E-state index contributed by atoms with van der Waals surface area (Å²) in [5.41, 5.74) is 0. The van der Waals surface area contributed by atoms with Gasteiger partial charge in [0.25, 0.3) is 5.88 Å². The van der Waals surface area contributed by atoms with Crippen molar-refractivity contribution < 1.29 is 14.4 Å². The molecule has 1 rings (SSSR count). The molecule has 0 spiro atoms. The van der Waals surface area contributed by atoms with E-state index >= 15 is 0 Å². The average Bonchev–Trinajstić information content (AvgIpc) is 2.37. The predicted molar refractivity (Wildman–Crippen MR) is 41.4 cm³/mol. The predicted octanol–water partition coefficient (Wildman–Crippen LogP) is 1.20. The fraction of sp³-hybridized carbons (Fsp3) is 0.500. The summed E-state index contributed by atoms with van der Waals surface area (Å²) < 4.78 is 10.4. The molecule has 4 nitrogen and oxygen atoms in total. The normalized spacial score (nSPS) is 10.0. The van der Waals surface area contributed by atoms with Crippen molar-refractivity contribution in [3.63, 3.8) is 0 Å². The third-order valence-electron chi connectivity index (χ3n) is 1.04. The van der Waals surface area contributed by atoms with Gasteiger partial charge in [0.05, 0.1) is 6.61 Å². The Bertz CT molecular complexity index is 213. The van der Waals surface area contributed by atoms with E-state index in [-0.39, 0.29) is 6.61 Å². The first-order chi connectivity index (χ1) is 5.34. The van der Waals surface area contributed by atoms with Gasteiger partial charge < -0.3 is 14.4 Å². The van der Waals surface area contributed by atoms with E-state index in [0.717, 1.165) is 0 Å². The summed E-state index contributed by atoms with van der Waals surface area (Å²) in [7, 11) is 0. The molecule has 0 radical (unpaired) electrons. The van der Waals surface area contributed by atoms with Crippen LogP contribution in [0, 0.1) is 0 Å². The number of aromatic nitrogens is 1. The lowest BCUT2D eigenvalue weighted by atomic mass is 10.5. The Kier molecular flexibility index (Phi) is 3.38. The summed E-state index contributed by atoms with van der Waals surface area (Å²) in [5, 5.41) is 12.0. The summed E-state index contributed by atoms with van der Waals surface area (Å²) in [5.74, 6) is 0.429. The van der Waals surface area contributed by atoms with Gasteiger partial charge in [-0.2, -0.15) is 0 Å². The second-order valence-electron chi connectivity index (χ2n) is 1.89. The molecule has 11 heavy (non-hydrogen) atoms. The molecule has 0 aliphatic rings. The lowest BCUT2D eigenvalue weighted by molar-refractivity contribution is 0.221. The second-order valence-corrected chi connectivity index (χ2v) is 2.75. The van der Waals surface area contributed by atoms with Crippen LogP contribution in [0.1, 0.15) is 6.42 Å². The molecule has 1 aromatic rings. The molecule has 0 saturated heterocycles. The minimum atomic E-state index is 0.121. The number of aliphatic hydroxyl groups excluding tert-OH is 1. The Labute approximate surface area is 72.3 Å². The number of aliphatic hydroxyl groups is 1. The molecule has 0 aliphatic heterocycles. The maximum atomic E-state index is 8.43. The SMILES string of the molecule is OCCCOc1nocc1Br. The lowest BCUT2D eigenvalue weighted by Crippen LogP contribution is -1.99. The molecule has 0 bridgehead atoms. The molecule has 5 heteroatoms. The van der Waals surface area contributed by atoms with E-state index in [1.807, 2.05) is 0 Å². The van der Waals surface area contributed by atoms with Crippen molar-refractivity contribution in [3.05, 3.63) is 10.7 Å². The van der Waals surface area contributed by atoms with Crippen molar-refractivity contribution in [2.24, 2.45) is 0 Å². The zero-order chi connectivity index (χ0) is 8.10. The van der Waals surface area contributed by atoms with Crippen LogP contribution in [-0.2, 0) is 0 Å². The highest BCUT2D eigenvalue weighted by Crippen LogP contribution is 2.21. The van der Waals surface area contributed by atoms with Gasteiger partial charge in [0.2, 0.25) is 0 Å². The monoisotopic (exact) mass is 221 g/mol. The molecule has 62 valence electrons. The first kappa shape index (κ1) is 8.55. The minimum absolute atomic E-state index is 0.121. The van der Waals surface area contributed by atoms with E-state index in [1.165, 1.54) is 6.26 Å². The summed E-state index contributed by atoms with van der Waals surface area (Å²) >= 11 is 3.17. The van der Waals surface area contributed by atoms with Crippen molar-refractivity contribution >= 4 is 15.9 Å². The molecular weight excluding hydrogens is 214 g/mol. The number of ether oxygens (including phenoxy) is 1.